The van der Waals surface area contributed by atoms with Crippen molar-refractivity contribution in [3.8, 4) is 0 Å². The SMILES string of the molecule is CC(C)Sc1ccc(C(N)C(C)CCN)cc1. The maximum Gasteiger partial charge on any atom is 0.0321 e. The van der Waals surface area contributed by atoms with Gasteiger partial charge >= 0.3 is 0 Å². The molecule has 1 aromatic rings. The van der Waals surface area contributed by atoms with Crippen LogP contribution in [0.1, 0.15) is 38.8 Å². The second-order valence-corrected chi connectivity index (χ2v) is 6.47. The van der Waals surface area contributed by atoms with Crippen LogP contribution in [0.2, 0.25) is 0 Å². The van der Waals surface area contributed by atoms with E-state index in [1.165, 1.54) is 10.5 Å². The number of hydrogen-bond acceptors (Lipinski definition) is 3. The summed E-state index contributed by atoms with van der Waals surface area (Å²) in [6.07, 6.45) is 0.976. The van der Waals surface area contributed by atoms with Gasteiger partial charge in [0.2, 0.25) is 0 Å². The third-order valence-corrected chi connectivity index (χ3v) is 3.89. The number of rotatable bonds is 6. The average molecular weight is 252 g/mol. The molecule has 1 aromatic carbocycles. The molecule has 0 aromatic heterocycles. The van der Waals surface area contributed by atoms with E-state index in [-0.39, 0.29) is 6.04 Å². The van der Waals surface area contributed by atoms with E-state index in [0.29, 0.717) is 17.7 Å². The molecule has 2 atom stereocenters. The Morgan fingerprint density at radius 2 is 1.71 bits per heavy atom. The first-order valence-corrected chi connectivity index (χ1v) is 7.14. The predicted molar refractivity (Wildman–Crippen MR) is 77.2 cm³/mol. The Hall–Kier alpha value is -0.510. The number of hydrogen-bond donors (Lipinski definition) is 2. The minimum atomic E-state index is 0.0941. The van der Waals surface area contributed by atoms with Crippen LogP contribution in [0, 0.1) is 5.92 Å². The molecular formula is C14H24N2S. The molecule has 2 unspecified atom stereocenters. The standard InChI is InChI=1S/C14H24N2S/c1-10(2)17-13-6-4-12(5-7-13)14(16)11(3)8-9-15/h4-7,10-11,14H,8-9,15-16H2,1-3H3. The lowest BCUT2D eigenvalue weighted by Crippen LogP contribution is -2.21. The number of thioether (sulfide) groups is 1. The van der Waals surface area contributed by atoms with E-state index >= 15 is 0 Å². The molecule has 96 valence electrons. The van der Waals surface area contributed by atoms with Crippen molar-refractivity contribution in [2.75, 3.05) is 6.54 Å². The highest BCUT2D eigenvalue weighted by Crippen LogP contribution is 2.26. The van der Waals surface area contributed by atoms with Crippen molar-refractivity contribution >= 4 is 11.8 Å². The minimum Gasteiger partial charge on any atom is -0.330 e. The zero-order valence-electron chi connectivity index (χ0n) is 11.0. The van der Waals surface area contributed by atoms with Crippen LogP contribution >= 0.6 is 11.8 Å². The van der Waals surface area contributed by atoms with Gasteiger partial charge < -0.3 is 11.5 Å². The highest BCUT2D eigenvalue weighted by Gasteiger charge is 2.13. The molecule has 0 aliphatic carbocycles. The summed E-state index contributed by atoms with van der Waals surface area (Å²) in [4.78, 5) is 1.31. The molecule has 0 aliphatic rings. The van der Waals surface area contributed by atoms with Gasteiger partial charge in [0.05, 0.1) is 0 Å². The van der Waals surface area contributed by atoms with Gasteiger partial charge in [0.15, 0.2) is 0 Å². The van der Waals surface area contributed by atoms with Gasteiger partial charge in [-0.1, -0.05) is 32.9 Å². The quantitative estimate of drug-likeness (QED) is 0.765. The Morgan fingerprint density at radius 3 is 2.18 bits per heavy atom. The highest BCUT2D eigenvalue weighted by atomic mass is 32.2. The summed E-state index contributed by atoms with van der Waals surface area (Å²) in [5, 5.41) is 0.616. The molecule has 1 rings (SSSR count). The molecule has 0 amide bonds. The molecule has 4 N–H and O–H groups in total. The molecule has 0 bridgehead atoms. The van der Waals surface area contributed by atoms with E-state index in [2.05, 4.69) is 45.0 Å². The molecule has 0 saturated carbocycles. The van der Waals surface area contributed by atoms with Crippen LogP contribution in [-0.4, -0.2) is 11.8 Å². The van der Waals surface area contributed by atoms with E-state index in [4.69, 9.17) is 11.5 Å². The van der Waals surface area contributed by atoms with Crippen LogP contribution < -0.4 is 11.5 Å². The largest absolute Gasteiger partial charge is 0.330 e. The Bertz CT molecular complexity index is 321. The summed E-state index contributed by atoms with van der Waals surface area (Å²) in [5.41, 5.74) is 13.0. The second kappa shape index (κ2) is 7.04. The molecule has 3 heteroatoms. The topological polar surface area (TPSA) is 52.0 Å². The van der Waals surface area contributed by atoms with E-state index in [1.54, 1.807) is 0 Å². The third-order valence-electron chi connectivity index (χ3n) is 2.87. The second-order valence-electron chi connectivity index (χ2n) is 4.82. The number of benzene rings is 1. The van der Waals surface area contributed by atoms with Gasteiger partial charge in [-0.2, -0.15) is 0 Å². The van der Waals surface area contributed by atoms with Gasteiger partial charge in [-0.3, -0.25) is 0 Å². The van der Waals surface area contributed by atoms with Crippen molar-refractivity contribution in [2.24, 2.45) is 17.4 Å². The Morgan fingerprint density at radius 1 is 1.12 bits per heavy atom. The third kappa shape index (κ3) is 4.70. The van der Waals surface area contributed by atoms with Crippen LogP contribution in [-0.2, 0) is 0 Å². The van der Waals surface area contributed by atoms with Crippen molar-refractivity contribution in [1.29, 1.82) is 0 Å². The average Bonchev–Trinajstić information content (AvgIpc) is 2.28. The van der Waals surface area contributed by atoms with Crippen molar-refractivity contribution in [2.45, 2.75) is 43.4 Å². The van der Waals surface area contributed by atoms with Crippen LogP contribution in [0.15, 0.2) is 29.2 Å². The van der Waals surface area contributed by atoms with Crippen LogP contribution in [0.5, 0.6) is 0 Å². The van der Waals surface area contributed by atoms with Gasteiger partial charge in [0, 0.05) is 16.2 Å². The molecule has 0 aliphatic heterocycles. The molecule has 0 saturated heterocycles. The van der Waals surface area contributed by atoms with Crippen molar-refractivity contribution in [3.05, 3.63) is 29.8 Å². The van der Waals surface area contributed by atoms with E-state index < -0.39 is 0 Å². The molecule has 0 spiro atoms. The fourth-order valence-electron chi connectivity index (χ4n) is 1.81. The molecule has 0 radical (unpaired) electrons. The van der Waals surface area contributed by atoms with Crippen molar-refractivity contribution in [3.63, 3.8) is 0 Å². The van der Waals surface area contributed by atoms with Crippen molar-refractivity contribution < 1.29 is 0 Å². The Balaban J connectivity index is 2.66. The Labute approximate surface area is 109 Å². The van der Waals surface area contributed by atoms with Gasteiger partial charge in [0.25, 0.3) is 0 Å². The maximum absolute atomic E-state index is 6.21. The smallest absolute Gasteiger partial charge is 0.0321 e. The molecular weight excluding hydrogens is 228 g/mol. The summed E-state index contributed by atoms with van der Waals surface area (Å²) in [7, 11) is 0. The fourth-order valence-corrected chi connectivity index (χ4v) is 2.65. The lowest BCUT2D eigenvalue weighted by molar-refractivity contribution is 0.444. The predicted octanol–water partition coefficient (Wildman–Crippen LogP) is 3.17. The monoisotopic (exact) mass is 252 g/mol. The van der Waals surface area contributed by atoms with Gasteiger partial charge in [-0.25, -0.2) is 0 Å². The lowest BCUT2D eigenvalue weighted by atomic mass is 9.93. The van der Waals surface area contributed by atoms with E-state index in [0.717, 1.165) is 6.42 Å². The highest BCUT2D eigenvalue weighted by molar-refractivity contribution is 7.99. The molecule has 17 heavy (non-hydrogen) atoms. The zero-order chi connectivity index (χ0) is 12.8. The lowest BCUT2D eigenvalue weighted by Gasteiger charge is -2.20. The first-order chi connectivity index (χ1) is 8.04. The minimum absolute atomic E-state index is 0.0941. The van der Waals surface area contributed by atoms with E-state index in [1.807, 2.05) is 11.8 Å². The zero-order valence-corrected chi connectivity index (χ0v) is 11.8. The Kier molecular flexibility index (Phi) is 6.03. The molecule has 0 fully saturated rings. The summed E-state index contributed by atoms with van der Waals surface area (Å²) in [6, 6.07) is 8.70. The van der Waals surface area contributed by atoms with Crippen LogP contribution in [0.25, 0.3) is 0 Å². The van der Waals surface area contributed by atoms with Crippen molar-refractivity contribution in [1.82, 2.24) is 0 Å². The van der Waals surface area contributed by atoms with Gasteiger partial charge in [-0.15, -0.1) is 11.8 Å². The van der Waals surface area contributed by atoms with Gasteiger partial charge in [0.1, 0.15) is 0 Å². The van der Waals surface area contributed by atoms with Gasteiger partial charge in [-0.05, 0) is 36.6 Å². The summed E-state index contributed by atoms with van der Waals surface area (Å²) in [6.45, 7) is 7.27. The summed E-state index contributed by atoms with van der Waals surface area (Å²) in [5.74, 6) is 0.434. The first-order valence-electron chi connectivity index (χ1n) is 6.27. The number of nitrogens with two attached hydrogens (primary N) is 2. The first kappa shape index (κ1) is 14.6. The summed E-state index contributed by atoms with van der Waals surface area (Å²) < 4.78 is 0. The fraction of sp³-hybridized carbons (Fsp3) is 0.571. The summed E-state index contributed by atoms with van der Waals surface area (Å²) >= 11 is 1.88. The molecule has 2 nitrogen and oxygen atoms in total. The van der Waals surface area contributed by atoms with E-state index in [9.17, 15) is 0 Å². The molecule has 0 heterocycles. The van der Waals surface area contributed by atoms with Crippen LogP contribution in [0.3, 0.4) is 0 Å². The normalized spacial score (nSPS) is 14.9. The maximum atomic E-state index is 6.21. The van der Waals surface area contributed by atoms with Crippen LogP contribution in [0.4, 0.5) is 0 Å².